The van der Waals surface area contributed by atoms with Crippen molar-refractivity contribution in [3.63, 3.8) is 0 Å². The Balaban J connectivity index is 1.96. The van der Waals surface area contributed by atoms with Crippen molar-refractivity contribution < 1.29 is 9.59 Å². The largest absolute Gasteiger partial charge is 0.369 e. The van der Waals surface area contributed by atoms with E-state index < -0.39 is 0 Å². The lowest BCUT2D eigenvalue weighted by molar-refractivity contribution is -0.122. The first kappa shape index (κ1) is 15.0. The number of carbonyl (C=O) groups excluding carboxylic acids is 2. The number of aryl methyl sites for hydroxylation is 1. The first-order valence-corrected chi connectivity index (χ1v) is 7.63. The summed E-state index contributed by atoms with van der Waals surface area (Å²) in [4.78, 5) is 23.4. The highest BCUT2D eigenvalue weighted by atomic mass is 79.9. The molecule has 1 fully saturated rings. The second-order valence-corrected chi connectivity index (χ2v) is 6.15. The van der Waals surface area contributed by atoms with Crippen molar-refractivity contribution >= 4 is 27.7 Å². The second kappa shape index (κ2) is 6.39. The zero-order chi connectivity index (χ0) is 14.7. The Morgan fingerprint density at radius 2 is 1.90 bits per heavy atom. The number of nitrogens with one attached hydrogen (secondary N) is 1. The highest BCUT2D eigenvalue weighted by molar-refractivity contribution is 9.10. The van der Waals surface area contributed by atoms with Gasteiger partial charge in [0.1, 0.15) is 0 Å². The van der Waals surface area contributed by atoms with E-state index >= 15 is 0 Å². The smallest absolute Gasteiger partial charge is 0.252 e. The Labute approximate surface area is 127 Å². The molecular weight excluding hydrogens is 320 g/mol. The summed E-state index contributed by atoms with van der Waals surface area (Å²) in [7, 11) is 0. The van der Waals surface area contributed by atoms with Crippen LogP contribution >= 0.6 is 15.9 Å². The van der Waals surface area contributed by atoms with Crippen molar-refractivity contribution in [2.45, 2.75) is 38.6 Å². The standard InChI is InChI=1S/C15H19BrN2O2/c1-9-3-2-4-12(13(9)16)15(20)18-11-7-5-10(6-8-11)14(17)19/h2-4,10-11H,5-8H2,1H3,(H2,17,19)(H,18,20). The zero-order valence-corrected chi connectivity index (χ0v) is 13.1. The fourth-order valence-electron chi connectivity index (χ4n) is 2.61. The third kappa shape index (κ3) is 3.39. The van der Waals surface area contributed by atoms with Crippen molar-refractivity contribution in [2.75, 3.05) is 0 Å². The molecular formula is C15H19BrN2O2. The predicted molar refractivity (Wildman–Crippen MR) is 81.3 cm³/mol. The quantitative estimate of drug-likeness (QED) is 0.888. The van der Waals surface area contributed by atoms with Crippen molar-refractivity contribution in [3.8, 4) is 0 Å². The molecule has 0 aliphatic heterocycles. The number of hydrogen-bond donors (Lipinski definition) is 2. The summed E-state index contributed by atoms with van der Waals surface area (Å²) in [5, 5.41) is 3.04. The molecule has 2 rings (SSSR count). The second-order valence-electron chi connectivity index (χ2n) is 5.36. The SMILES string of the molecule is Cc1cccc(C(=O)NC2CCC(C(N)=O)CC2)c1Br. The molecule has 1 saturated carbocycles. The molecule has 3 N–H and O–H groups in total. The number of primary amides is 1. The maximum atomic E-state index is 12.3. The minimum atomic E-state index is -0.226. The van der Waals surface area contributed by atoms with Crippen LogP contribution in [0.3, 0.4) is 0 Å². The number of amides is 2. The summed E-state index contributed by atoms with van der Waals surface area (Å²) in [6, 6.07) is 5.77. The lowest BCUT2D eigenvalue weighted by atomic mass is 9.85. The number of carbonyl (C=O) groups is 2. The number of hydrogen-bond acceptors (Lipinski definition) is 2. The van der Waals surface area contributed by atoms with Gasteiger partial charge in [-0.05, 0) is 60.2 Å². The van der Waals surface area contributed by atoms with Gasteiger partial charge >= 0.3 is 0 Å². The molecule has 0 radical (unpaired) electrons. The van der Waals surface area contributed by atoms with E-state index in [1.54, 1.807) is 0 Å². The molecule has 0 unspecified atom stereocenters. The summed E-state index contributed by atoms with van der Waals surface area (Å²) in [5.41, 5.74) is 7.00. The van der Waals surface area contributed by atoms with Gasteiger partial charge in [-0.25, -0.2) is 0 Å². The van der Waals surface area contributed by atoms with Gasteiger partial charge in [0.2, 0.25) is 5.91 Å². The van der Waals surface area contributed by atoms with Crippen LogP contribution in [0.4, 0.5) is 0 Å². The maximum absolute atomic E-state index is 12.3. The van der Waals surface area contributed by atoms with Crippen molar-refractivity contribution in [3.05, 3.63) is 33.8 Å². The fourth-order valence-corrected chi connectivity index (χ4v) is 3.05. The molecule has 2 amide bonds. The third-order valence-electron chi connectivity index (χ3n) is 3.90. The molecule has 1 aromatic rings. The fraction of sp³-hybridized carbons (Fsp3) is 0.467. The topological polar surface area (TPSA) is 72.2 Å². The van der Waals surface area contributed by atoms with Crippen LogP contribution in [0.5, 0.6) is 0 Å². The monoisotopic (exact) mass is 338 g/mol. The molecule has 0 atom stereocenters. The van der Waals surface area contributed by atoms with Gasteiger partial charge in [0.25, 0.3) is 5.91 Å². The van der Waals surface area contributed by atoms with Crippen LogP contribution in [-0.4, -0.2) is 17.9 Å². The van der Waals surface area contributed by atoms with E-state index in [1.807, 2.05) is 25.1 Å². The molecule has 108 valence electrons. The Bertz CT molecular complexity index is 523. The van der Waals surface area contributed by atoms with Crippen LogP contribution in [0.15, 0.2) is 22.7 Å². The van der Waals surface area contributed by atoms with Gasteiger partial charge in [0.05, 0.1) is 5.56 Å². The van der Waals surface area contributed by atoms with Crippen LogP contribution < -0.4 is 11.1 Å². The van der Waals surface area contributed by atoms with Crippen molar-refractivity contribution in [1.29, 1.82) is 0 Å². The van der Waals surface area contributed by atoms with E-state index in [4.69, 9.17) is 5.73 Å². The van der Waals surface area contributed by atoms with Gasteiger partial charge in [-0.3, -0.25) is 9.59 Å². The molecule has 0 saturated heterocycles. The highest BCUT2D eigenvalue weighted by Gasteiger charge is 2.26. The van der Waals surface area contributed by atoms with E-state index in [0.717, 1.165) is 35.7 Å². The van der Waals surface area contributed by atoms with Gasteiger partial charge < -0.3 is 11.1 Å². The minimum absolute atomic E-state index is 0.0335. The van der Waals surface area contributed by atoms with Gasteiger partial charge in [-0.1, -0.05) is 12.1 Å². The van der Waals surface area contributed by atoms with E-state index in [1.165, 1.54) is 0 Å². The molecule has 5 heteroatoms. The van der Waals surface area contributed by atoms with Crippen LogP contribution in [-0.2, 0) is 4.79 Å². The highest BCUT2D eigenvalue weighted by Crippen LogP contribution is 2.25. The zero-order valence-electron chi connectivity index (χ0n) is 11.5. The maximum Gasteiger partial charge on any atom is 0.252 e. The number of nitrogens with two attached hydrogens (primary N) is 1. The molecule has 4 nitrogen and oxygen atoms in total. The van der Waals surface area contributed by atoms with Crippen molar-refractivity contribution in [2.24, 2.45) is 11.7 Å². The first-order chi connectivity index (χ1) is 9.49. The Kier molecular flexibility index (Phi) is 4.81. The third-order valence-corrected chi connectivity index (χ3v) is 4.95. The normalized spacial score (nSPS) is 22.3. The van der Waals surface area contributed by atoms with Gasteiger partial charge in [-0.2, -0.15) is 0 Å². The van der Waals surface area contributed by atoms with Crippen LogP contribution in [0.2, 0.25) is 0 Å². The summed E-state index contributed by atoms with van der Waals surface area (Å²) < 4.78 is 0.836. The van der Waals surface area contributed by atoms with Crippen molar-refractivity contribution in [1.82, 2.24) is 5.32 Å². The molecule has 0 heterocycles. The van der Waals surface area contributed by atoms with Crippen LogP contribution in [0.25, 0.3) is 0 Å². The summed E-state index contributed by atoms with van der Waals surface area (Å²) >= 11 is 3.45. The predicted octanol–water partition coefficient (Wildman–Crippen LogP) is 2.53. The molecule has 0 aromatic heterocycles. The molecule has 20 heavy (non-hydrogen) atoms. The summed E-state index contributed by atoms with van der Waals surface area (Å²) in [6.45, 7) is 1.96. The first-order valence-electron chi connectivity index (χ1n) is 6.84. The summed E-state index contributed by atoms with van der Waals surface area (Å²) in [5.74, 6) is -0.326. The average molecular weight is 339 g/mol. The lowest BCUT2D eigenvalue weighted by Gasteiger charge is -2.27. The number of benzene rings is 1. The Morgan fingerprint density at radius 1 is 1.25 bits per heavy atom. The van der Waals surface area contributed by atoms with E-state index in [2.05, 4.69) is 21.2 Å². The molecule has 0 spiro atoms. The average Bonchev–Trinajstić information content (AvgIpc) is 2.42. The molecule has 1 aromatic carbocycles. The summed E-state index contributed by atoms with van der Waals surface area (Å²) in [6.07, 6.45) is 3.14. The molecule has 1 aliphatic carbocycles. The van der Waals surface area contributed by atoms with Gasteiger partial charge in [0.15, 0.2) is 0 Å². The lowest BCUT2D eigenvalue weighted by Crippen LogP contribution is -2.39. The number of rotatable bonds is 3. The minimum Gasteiger partial charge on any atom is -0.369 e. The van der Waals surface area contributed by atoms with Gasteiger partial charge in [0, 0.05) is 16.4 Å². The Hall–Kier alpha value is -1.36. The van der Waals surface area contributed by atoms with E-state index in [9.17, 15) is 9.59 Å². The number of halogens is 1. The molecule has 0 bridgehead atoms. The van der Waals surface area contributed by atoms with Crippen LogP contribution in [0, 0.1) is 12.8 Å². The molecule has 1 aliphatic rings. The van der Waals surface area contributed by atoms with E-state index in [0.29, 0.717) is 5.56 Å². The van der Waals surface area contributed by atoms with E-state index in [-0.39, 0.29) is 23.8 Å². The van der Waals surface area contributed by atoms with Crippen LogP contribution in [0.1, 0.15) is 41.6 Å². The Morgan fingerprint density at radius 3 is 2.50 bits per heavy atom. The van der Waals surface area contributed by atoms with Gasteiger partial charge in [-0.15, -0.1) is 0 Å².